The topological polar surface area (TPSA) is 142 Å². The van der Waals surface area contributed by atoms with E-state index in [9.17, 15) is 15.3 Å². The van der Waals surface area contributed by atoms with Crippen molar-refractivity contribution < 1.29 is 24.8 Å². The zero-order valence-corrected chi connectivity index (χ0v) is 21.5. The molecule has 0 unspecified atom stereocenters. The second-order valence-corrected chi connectivity index (χ2v) is 9.95. The van der Waals surface area contributed by atoms with Crippen molar-refractivity contribution in [3.8, 4) is 22.1 Å². The summed E-state index contributed by atoms with van der Waals surface area (Å²) in [7, 11) is 3.13. The van der Waals surface area contributed by atoms with Crippen LogP contribution in [0.3, 0.4) is 0 Å². The number of hydrogen-bond acceptors (Lipinski definition) is 11. The lowest BCUT2D eigenvalue weighted by atomic mass is 10.1. The van der Waals surface area contributed by atoms with Crippen LogP contribution in [-0.4, -0.2) is 69.3 Å². The highest BCUT2D eigenvalue weighted by Crippen LogP contribution is 2.40. The van der Waals surface area contributed by atoms with E-state index in [1.165, 1.54) is 11.3 Å². The van der Waals surface area contributed by atoms with Gasteiger partial charge >= 0.3 is 0 Å². The van der Waals surface area contributed by atoms with Gasteiger partial charge in [0.1, 0.15) is 16.9 Å². The monoisotopic (exact) mass is 523 g/mol. The maximum absolute atomic E-state index is 10.7. The Morgan fingerprint density at radius 1 is 1.00 bits per heavy atom. The molecule has 0 saturated heterocycles. The summed E-state index contributed by atoms with van der Waals surface area (Å²) < 4.78 is 12.0. The minimum atomic E-state index is -1.06. The molecule has 4 atom stereocenters. The number of aryl methyl sites for hydroxylation is 1. The molecular weight excluding hydrogens is 494 g/mol. The zero-order chi connectivity index (χ0) is 26.1. The van der Waals surface area contributed by atoms with Crippen molar-refractivity contribution in [3.63, 3.8) is 0 Å². The van der Waals surface area contributed by atoms with Gasteiger partial charge < -0.3 is 35.4 Å². The molecule has 2 aromatic heterocycles. The maximum atomic E-state index is 10.7. The average Bonchev–Trinajstić information content (AvgIpc) is 3.44. The van der Waals surface area contributed by atoms with Gasteiger partial charge in [0.2, 0.25) is 5.95 Å². The van der Waals surface area contributed by atoms with Gasteiger partial charge in [-0.1, -0.05) is 18.2 Å². The summed E-state index contributed by atoms with van der Waals surface area (Å²) in [5.41, 5.74) is 2.87. The molecule has 0 bridgehead atoms. The second kappa shape index (κ2) is 10.5. The molecule has 0 radical (unpaired) electrons. The van der Waals surface area contributed by atoms with Gasteiger partial charge in [-0.2, -0.15) is 4.98 Å². The Hall–Kier alpha value is -3.51. The van der Waals surface area contributed by atoms with Crippen LogP contribution in [0.4, 0.5) is 17.5 Å². The molecule has 11 heteroatoms. The summed E-state index contributed by atoms with van der Waals surface area (Å²) in [5, 5.41) is 37.9. The number of fused-ring (bicyclic) bond motifs is 1. The molecule has 1 saturated carbocycles. The third-order valence-electron chi connectivity index (χ3n) is 6.61. The number of aromatic nitrogens is 3. The van der Waals surface area contributed by atoms with Crippen molar-refractivity contribution in [2.24, 2.45) is 5.92 Å². The van der Waals surface area contributed by atoms with Gasteiger partial charge in [-0.25, -0.2) is 9.97 Å². The minimum absolute atomic E-state index is 0.216. The molecule has 37 heavy (non-hydrogen) atoms. The largest absolute Gasteiger partial charge is 0.493 e. The first-order valence-electron chi connectivity index (χ1n) is 11.9. The first-order valence-corrected chi connectivity index (χ1v) is 12.7. The molecule has 5 rings (SSSR count). The van der Waals surface area contributed by atoms with Crippen LogP contribution < -0.4 is 20.1 Å². The first-order chi connectivity index (χ1) is 17.9. The number of nitrogens with zero attached hydrogens (tertiary/aromatic N) is 3. The Kier molecular flexibility index (Phi) is 7.11. The number of benzene rings is 2. The van der Waals surface area contributed by atoms with E-state index in [0.29, 0.717) is 46.6 Å². The van der Waals surface area contributed by atoms with Crippen molar-refractivity contribution in [1.82, 2.24) is 15.0 Å². The molecule has 0 amide bonds. The van der Waals surface area contributed by atoms with Gasteiger partial charge in [0.05, 0.1) is 53.5 Å². The molecule has 1 aliphatic rings. The van der Waals surface area contributed by atoms with E-state index in [4.69, 9.17) is 24.4 Å². The van der Waals surface area contributed by atoms with E-state index in [1.54, 1.807) is 20.3 Å². The number of para-hydroxylation sites is 2. The fourth-order valence-corrected chi connectivity index (χ4v) is 5.76. The Morgan fingerprint density at radius 3 is 2.51 bits per heavy atom. The predicted octanol–water partition coefficient (Wildman–Crippen LogP) is 3.34. The number of rotatable bonds is 8. The van der Waals surface area contributed by atoms with Crippen molar-refractivity contribution in [3.05, 3.63) is 48.2 Å². The molecular formula is C26H29N5O5S. The minimum Gasteiger partial charge on any atom is -0.493 e. The van der Waals surface area contributed by atoms with Crippen LogP contribution >= 0.6 is 11.3 Å². The van der Waals surface area contributed by atoms with Crippen LogP contribution in [0.1, 0.15) is 12.1 Å². The molecule has 10 nitrogen and oxygen atoms in total. The Morgan fingerprint density at radius 2 is 1.81 bits per heavy atom. The second-order valence-electron chi connectivity index (χ2n) is 8.92. The smallest absolute Gasteiger partial charge is 0.229 e. The van der Waals surface area contributed by atoms with E-state index in [0.717, 1.165) is 15.2 Å². The predicted molar refractivity (Wildman–Crippen MR) is 143 cm³/mol. The van der Waals surface area contributed by atoms with Gasteiger partial charge in [-0.3, -0.25) is 0 Å². The SMILES string of the molecule is COc1cccc(Nc2nc(C)c(-c3nc4ccccc4s3)c(N[C@@H]3C[C@H](CO)[C@@H](O)[C@H]3O)n2)c1OC. The van der Waals surface area contributed by atoms with E-state index in [2.05, 4.69) is 10.6 Å². The standard InChI is InChI=1S/C26H29N5O5S/c1-13-20(25-29-15-7-4-5-10-19(15)37-25)24(28-17-11-14(12-32)21(33)22(17)34)31-26(27-13)30-16-8-6-9-18(35-2)23(16)36-3/h4-10,14,17,21-22,32-34H,11-12H2,1-3H3,(H2,27,28,30,31)/t14-,17-,21-,22+/m1/s1. The fraction of sp³-hybridized carbons (Fsp3) is 0.346. The van der Waals surface area contributed by atoms with E-state index in [-0.39, 0.29) is 6.61 Å². The highest BCUT2D eigenvalue weighted by molar-refractivity contribution is 7.21. The van der Waals surface area contributed by atoms with Crippen LogP contribution in [0.15, 0.2) is 42.5 Å². The van der Waals surface area contributed by atoms with Gasteiger partial charge in [0, 0.05) is 12.5 Å². The number of hydrogen-bond donors (Lipinski definition) is 5. The summed E-state index contributed by atoms with van der Waals surface area (Å²) in [4.78, 5) is 14.3. The summed E-state index contributed by atoms with van der Waals surface area (Å²) >= 11 is 1.52. The van der Waals surface area contributed by atoms with Crippen molar-refractivity contribution in [2.75, 3.05) is 31.5 Å². The van der Waals surface area contributed by atoms with Crippen LogP contribution in [0.25, 0.3) is 20.8 Å². The number of anilines is 3. The third-order valence-corrected chi connectivity index (χ3v) is 7.66. The van der Waals surface area contributed by atoms with Gasteiger partial charge in [-0.05, 0) is 37.6 Å². The normalized spacial score (nSPS) is 21.2. The lowest BCUT2D eigenvalue weighted by Crippen LogP contribution is -2.35. The van der Waals surface area contributed by atoms with Gasteiger partial charge in [0.25, 0.3) is 0 Å². The molecule has 0 aliphatic heterocycles. The Balaban J connectivity index is 1.58. The molecule has 1 fully saturated rings. The van der Waals surface area contributed by atoms with Crippen molar-refractivity contribution in [1.29, 1.82) is 0 Å². The summed E-state index contributed by atoms with van der Waals surface area (Å²) in [6.45, 7) is 1.66. The molecule has 194 valence electrons. The molecule has 5 N–H and O–H groups in total. The Bertz CT molecular complexity index is 1380. The van der Waals surface area contributed by atoms with Crippen LogP contribution in [0.5, 0.6) is 11.5 Å². The molecule has 2 heterocycles. The van der Waals surface area contributed by atoms with Crippen LogP contribution in [0, 0.1) is 12.8 Å². The number of aliphatic hydroxyl groups excluding tert-OH is 3. The number of thiazole rings is 1. The number of aliphatic hydroxyl groups is 3. The Labute approximate surface area is 218 Å². The fourth-order valence-electron chi connectivity index (χ4n) is 4.70. The molecule has 0 spiro atoms. The van der Waals surface area contributed by atoms with Gasteiger partial charge in [-0.15, -0.1) is 11.3 Å². The van der Waals surface area contributed by atoms with Crippen molar-refractivity contribution >= 4 is 39.0 Å². The van der Waals surface area contributed by atoms with Crippen molar-refractivity contribution in [2.45, 2.75) is 31.6 Å². The number of nitrogens with one attached hydrogen (secondary N) is 2. The summed E-state index contributed by atoms with van der Waals surface area (Å²) in [6.07, 6.45) is -1.71. The lowest BCUT2D eigenvalue weighted by Gasteiger charge is -2.21. The maximum Gasteiger partial charge on any atom is 0.229 e. The first kappa shape index (κ1) is 25.2. The quantitative estimate of drug-likeness (QED) is 0.233. The lowest BCUT2D eigenvalue weighted by molar-refractivity contribution is 0.00446. The van der Waals surface area contributed by atoms with E-state index >= 15 is 0 Å². The van der Waals surface area contributed by atoms with Crippen LogP contribution in [0.2, 0.25) is 0 Å². The summed E-state index contributed by atoms with van der Waals surface area (Å²) in [6, 6.07) is 12.8. The van der Waals surface area contributed by atoms with E-state index < -0.39 is 24.2 Å². The molecule has 2 aromatic carbocycles. The highest BCUT2D eigenvalue weighted by atomic mass is 32.1. The molecule has 1 aliphatic carbocycles. The highest BCUT2D eigenvalue weighted by Gasteiger charge is 2.41. The summed E-state index contributed by atoms with van der Waals surface area (Å²) in [5.74, 6) is 1.41. The third kappa shape index (κ3) is 4.78. The van der Waals surface area contributed by atoms with Crippen LogP contribution in [-0.2, 0) is 0 Å². The van der Waals surface area contributed by atoms with Gasteiger partial charge in [0.15, 0.2) is 11.5 Å². The average molecular weight is 524 g/mol. The van der Waals surface area contributed by atoms with E-state index in [1.807, 2.05) is 43.3 Å². The molecule has 4 aromatic rings. The number of ether oxygens (including phenoxy) is 2. The zero-order valence-electron chi connectivity index (χ0n) is 20.7. The number of methoxy groups -OCH3 is 2.